The predicted octanol–water partition coefficient (Wildman–Crippen LogP) is 5.18. The SMILES string of the molecule is CCC1(C(F)(F)F)C=Cc2cc(Cl)cc(SC)c2O1. The Kier molecular flexibility index (Phi) is 3.80. The minimum Gasteiger partial charge on any atom is -0.472 e. The zero-order valence-electron chi connectivity index (χ0n) is 10.3. The normalized spacial score (nSPS) is 22.0. The van der Waals surface area contributed by atoms with E-state index >= 15 is 0 Å². The van der Waals surface area contributed by atoms with Gasteiger partial charge in [0.05, 0.1) is 4.90 Å². The molecule has 1 nitrogen and oxygen atoms in total. The standard InChI is InChI=1S/C13H12ClF3OS/c1-3-12(13(15,16)17)5-4-8-6-9(14)7-10(19-2)11(8)18-12/h4-7H,3H2,1-2H3. The molecule has 0 radical (unpaired) electrons. The molecule has 0 saturated carbocycles. The van der Waals surface area contributed by atoms with Gasteiger partial charge in [0.1, 0.15) is 5.75 Å². The van der Waals surface area contributed by atoms with Gasteiger partial charge in [-0.2, -0.15) is 13.2 Å². The molecule has 0 saturated heterocycles. The van der Waals surface area contributed by atoms with Gasteiger partial charge in [0, 0.05) is 10.6 Å². The third-order valence-electron chi connectivity index (χ3n) is 3.09. The molecule has 0 spiro atoms. The first-order chi connectivity index (χ1) is 8.83. The molecule has 0 aliphatic carbocycles. The van der Waals surface area contributed by atoms with Gasteiger partial charge in [-0.05, 0) is 30.9 Å². The van der Waals surface area contributed by atoms with Gasteiger partial charge in [-0.15, -0.1) is 11.8 Å². The van der Waals surface area contributed by atoms with Gasteiger partial charge in [-0.25, -0.2) is 0 Å². The van der Waals surface area contributed by atoms with Crippen LogP contribution in [0.25, 0.3) is 6.08 Å². The van der Waals surface area contributed by atoms with E-state index in [0.29, 0.717) is 15.5 Å². The van der Waals surface area contributed by atoms with Crippen molar-refractivity contribution in [2.45, 2.75) is 30.0 Å². The van der Waals surface area contributed by atoms with Crippen molar-refractivity contribution in [3.05, 3.63) is 28.8 Å². The Morgan fingerprint density at radius 1 is 1.37 bits per heavy atom. The van der Waals surface area contributed by atoms with Crippen molar-refractivity contribution >= 4 is 29.4 Å². The Balaban J connectivity index is 2.55. The van der Waals surface area contributed by atoms with Crippen molar-refractivity contribution < 1.29 is 17.9 Å². The molecule has 1 unspecified atom stereocenters. The Bertz CT molecular complexity index is 527. The van der Waals surface area contributed by atoms with Gasteiger partial charge in [-0.3, -0.25) is 0 Å². The molecule has 0 fully saturated rings. The van der Waals surface area contributed by atoms with Gasteiger partial charge in [0.2, 0.25) is 5.60 Å². The molecule has 1 aliphatic heterocycles. The number of alkyl halides is 3. The molecule has 1 aliphatic rings. The number of halogens is 4. The van der Waals surface area contributed by atoms with Crippen molar-refractivity contribution in [1.29, 1.82) is 0 Å². The largest absolute Gasteiger partial charge is 0.472 e. The number of hydrogen-bond donors (Lipinski definition) is 0. The third kappa shape index (κ3) is 2.46. The number of fused-ring (bicyclic) bond motifs is 1. The number of rotatable bonds is 2. The maximum atomic E-state index is 13.2. The summed E-state index contributed by atoms with van der Waals surface area (Å²) >= 11 is 7.24. The van der Waals surface area contributed by atoms with Crippen molar-refractivity contribution in [1.82, 2.24) is 0 Å². The first kappa shape index (κ1) is 14.6. The molecule has 2 rings (SSSR count). The maximum absolute atomic E-state index is 13.2. The van der Waals surface area contributed by atoms with Gasteiger partial charge in [-0.1, -0.05) is 24.6 Å². The Hall–Kier alpha value is -0.810. The quantitative estimate of drug-likeness (QED) is 0.696. The molecule has 6 heteroatoms. The van der Waals surface area contributed by atoms with Crippen LogP contribution < -0.4 is 4.74 Å². The van der Waals surface area contributed by atoms with E-state index in [1.807, 2.05) is 0 Å². The van der Waals surface area contributed by atoms with E-state index in [-0.39, 0.29) is 12.2 Å². The Morgan fingerprint density at radius 2 is 2.05 bits per heavy atom. The van der Waals surface area contributed by atoms with Crippen LogP contribution >= 0.6 is 23.4 Å². The van der Waals surface area contributed by atoms with Gasteiger partial charge >= 0.3 is 6.18 Å². The lowest BCUT2D eigenvalue weighted by molar-refractivity contribution is -0.231. The second-order valence-corrected chi connectivity index (χ2v) is 5.49. The first-order valence-electron chi connectivity index (χ1n) is 5.65. The molecule has 0 bridgehead atoms. The lowest BCUT2D eigenvalue weighted by Gasteiger charge is -2.36. The summed E-state index contributed by atoms with van der Waals surface area (Å²) in [6, 6.07) is 3.21. The van der Waals surface area contributed by atoms with Crippen LogP contribution in [0.1, 0.15) is 18.9 Å². The first-order valence-corrected chi connectivity index (χ1v) is 7.26. The topological polar surface area (TPSA) is 9.23 Å². The zero-order chi connectivity index (χ0) is 14.3. The van der Waals surface area contributed by atoms with Crippen LogP contribution in [0.4, 0.5) is 13.2 Å². The van der Waals surface area contributed by atoms with Gasteiger partial charge in [0.25, 0.3) is 0 Å². The highest BCUT2D eigenvalue weighted by Crippen LogP contribution is 2.46. The van der Waals surface area contributed by atoms with E-state index in [0.717, 1.165) is 6.08 Å². The maximum Gasteiger partial charge on any atom is 0.432 e. The smallest absolute Gasteiger partial charge is 0.432 e. The molecule has 0 amide bonds. The molecule has 0 N–H and O–H groups in total. The average molecular weight is 309 g/mol. The predicted molar refractivity (Wildman–Crippen MR) is 72.0 cm³/mol. The Labute approximate surface area is 118 Å². The highest BCUT2D eigenvalue weighted by atomic mass is 35.5. The molecule has 1 aromatic rings. The number of thioether (sulfide) groups is 1. The fraction of sp³-hybridized carbons (Fsp3) is 0.385. The van der Waals surface area contributed by atoms with Crippen molar-refractivity contribution in [3.8, 4) is 5.75 Å². The van der Waals surface area contributed by atoms with E-state index in [2.05, 4.69) is 0 Å². The fourth-order valence-corrected chi connectivity index (χ4v) is 2.84. The summed E-state index contributed by atoms with van der Waals surface area (Å²) in [6.07, 6.45) is -0.361. The van der Waals surface area contributed by atoms with Gasteiger partial charge < -0.3 is 4.74 Å². The second kappa shape index (κ2) is 4.94. The highest BCUT2D eigenvalue weighted by Gasteiger charge is 2.55. The minimum atomic E-state index is -4.45. The Morgan fingerprint density at radius 3 is 2.58 bits per heavy atom. The van der Waals surface area contributed by atoms with Crippen LogP contribution in [0.2, 0.25) is 5.02 Å². The highest BCUT2D eigenvalue weighted by molar-refractivity contribution is 7.98. The van der Waals surface area contributed by atoms with Gasteiger partial charge in [0.15, 0.2) is 0 Å². The van der Waals surface area contributed by atoms with Crippen molar-refractivity contribution in [3.63, 3.8) is 0 Å². The summed E-state index contributed by atoms with van der Waals surface area (Å²) in [5.41, 5.74) is -1.68. The summed E-state index contributed by atoms with van der Waals surface area (Å²) in [5, 5.41) is 0.479. The van der Waals surface area contributed by atoms with Crippen LogP contribution in [-0.4, -0.2) is 18.0 Å². The van der Waals surface area contributed by atoms with Crippen LogP contribution in [0.5, 0.6) is 5.75 Å². The summed E-state index contributed by atoms with van der Waals surface area (Å²) in [7, 11) is 0. The van der Waals surface area contributed by atoms with E-state index in [1.165, 1.54) is 24.8 Å². The van der Waals surface area contributed by atoms with E-state index in [1.54, 1.807) is 18.4 Å². The van der Waals surface area contributed by atoms with Crippen LogP contribution in [-0.2, 0) is 0 Å². The summed E-state index contributed by atoms with van der Waals surface area (Å²) in [5.74, 6) is 0.249. The molecular formula is C13H12ClF3OS. The molecule has 1 aromatic carbocycles. The van der Waals surface area contributed by atoms with Crippen molar-refractivity contribution in [2.75, 3.05) is 6.26 Å². The van der Waals surface area contributed by atoms with Crippen LogP contribution in [0, 0.1) is 0 Å². The minimum absolute atomic E-state index is 0.178. The van der Waals surface area contributed by atoms with Crippen molar-refractivity contribution in [2.24, 2.45) is 0 Å². The van der Waals surface area contributed by atoms with Crippen LogP contribution in [0.3, 0.4) is 0 Å². The fourth-order valence-electron chi connectivity index (χ4n) is 1.96. The van der Waals surface area contributed by atoms with E-state index in [9.17, 15) is 13.2 Å². The average Bonchev–Trinajstić information content (AvgIpc) is 2.35. The molecule has 1 atom stereocenters. The molecule has 19 heavy (non-hydrogen) atoms. The number of hydrogen-bond acceptors (Lipinski definition) is 2. The summed E-state index contributed by atoms with van der Waals surface area (Å²) in [4.78, 5) is 0.605. The second-order valence-electron chi connectivity index (χ2n) is 4.20. The lowest BCUT2D eigenvalue weighted by Crippen LogP contribution is -2.49. The molecular weight excluding hydrogens is 297 g/mol. The molecule has 1 heterocycles. The number of benzene rings is 1. The monoisotopic (exact) mass is 308 g/mol. The molecule has 0 aromatic heterocycles. The third-order valence-corrected chi connectivity index (χ3v) is 4.05. The lowest BCUT2D eigenvalue weighted by atomic mass is 9.95. The molecule has 104 valence electrons. The summed E-state index contributed by atoms with van der Waals surface area (Å²) < 4.78 is 44.9. The van der Waals surface area contributed by atoms with Crippen LogP contribution in [0.15, 0.2) is 23.1 Å². The van der Waals surface area contributed by atoms with E-state index in [4.69, 9.17) is 16.3 Å². The summed E-state index contributed by atoms with van der Waals surface area (Å²) in [6.45, 7) is 1.46. The zero-order valence-corrected chi connectivity index (χ0v) is 11.9. The number of ether oxygens (including phenoxy) is 1. The van der Waals surface area contributed by atoms with E-state index < -0.39 is 11.8 Å².